The number of hydrogen-bond donors (Lipinski definition) is 1. The molecule has 3 unspecified atom stereocenters. The topological polar surface area (TPSA) is 57.9 Å². The monoisotopic (exact) mass is 444 g/mol. The van der Waals surface area contributed by atoms with Crippen LogP contribution in [0.25, 0.3) is 0 Å². The van der Waals surface area contributed by atoms with Crippen LogP contribution in [-0.2, 0) is 4.74 Å². The summed E-state index contributed by atoms with van der Waals surface area (Å²) in [5.41, 5.74) is 1.15. The van der Waals surface area contributed by atoms with Gasteiger partial charge >= 0.3 is 0 Å². The van der Waals surface area contributed by atoms with Crippen LogP contribution in [0, 0.1) is 5.92 Å². The summed E-state index contributed by atoms with van der Waals surface area (Å²) in [6, 6.07) is 8.71. The van der Waals surface area contributed by atoms with Crippen molar-refractivity contribution in [2.24, 2.45) is 10.9 Å². The lowest BCUT2D eigenvalue weighted by Gasteiger charge is -2.40. The van der Waals surface area contributed by atoms with Crippen molar-refractivity contribution in [3.05, 3.63) is 53.6 Å². The van der Waals surface area contributed by atoms with Crippen molar-refractivity contribution in [3.63, 3.8) is 0 Å². The van der Waals surface area contributed by atoms with Gasteiger partial charge in [-0.1, -0.05) is 36.7 Å². The zero-order chi connectivity index (χ0) is 21.6. The normalized spacial score (nSPS) is 24.2. The molecule has 1 N–H and O–H groups in total. The number of nitrogens with one attached hydrogen (secondary N) is 1. The first-order chi connectivity index (χ1) is 15.2. The van der Waals surface area contributed by atoms with Crippen LogP contribution in [0.4, 0.5) is 0 Å². The number of aliphatic imine (C=N–C) groups is 1. The van der Waals surface area contributed by atoms with Gasteiger partial charge in [-0.3, -0.25) is 9.89 Å². The molecule has 0 amide bonds. The van der Waals surface area contributed by atoms with Crippen LogP contribution in [0.1, 0.15) is 31.0 Å². The lowest BCUT2D eigenvalue weighted by molar-refractivity contribution is 0.0168. The van der Waals surface area contributed by atoms with Crippen LogP contribution < -0.4 is 5.32 Å². The van der Waals surface area contributed by atoms with Gasteiger partial charge in [-0.2, -0.15) is 0 Å². The summed E-state index contributed by atoms with van der Waals surface area (Å²) in [5.74, 6) is 1.55. The Morgan fingerprint density at radius 3 is 2.81 bits per heavy atom. The Morgan fingerprint density at radius 1 is 1.29 bits per heavy atom. The smallest absolute Gasteiger partial charge is 0.193 e. The average molecular weight is 445 g/mol. The maximum Gasteiger partial charge on any atom is 0.193 e. The van der Waals surface area contributed by atoms with Gasteiger partial charge in [0, 0.05) is 57.2 Å². The molecular formula is C23H33ClN6O. The summed E-state index contributed by atoms with van der Waals surface area (Å²) < 4.78 is 7.81. The van der Waals surface area contributed by atoms with Gasteiger partial charge in [0.05, 0.1) is 31.6 Å². The molecule has 31 heavy (non-hydrogen) atoms. The number of ether oxygens (including phenoxy) is 1. The molecule has 0 radical (unpaired) electrons. The standard InChI is InChI=1S/C23H33ClN6O/c1-18-7-9-29(16-22(18)30-10-8-26-17-30)23(25-2)27-15-21(28-11-13-31-14-12-28)19-5-3-4-6-20(19)24/h3-6,8,10,17-18,21-22H,7,9,11-16H2,1-2H3,(H,25,27). The molecule has 3 atom stereocenters. The quantitative estimate of drug-likeness (QED) is 0.567. The first-order valence-electron chi connectivity index (χ1n) is 11.2. The molecule has 2 aliphatic rings. The van der Waals surface area contributed by atoms with Crippen LogP contribution in [0.3, 0.4) is 0 Å². The Balaban J connectivity index is 1.47. The molecule has 1 aromatic heterocycles. The van der Waals surface area contributed by atoms with Gasteiger partial charge in [-0.05, 0) is 24.0 Å². The molecule has 168 valence electrons. The van der Waals surface area contributed by atoms with Crippen molar-refractivity contribution in [3.8, 4) is 0 Å². The van der Waals surface area contributed by atoms with Crippen LogP contribution >= 0.6 is 11.6 Å². The van der Waals surface area contributed by atoms with E-state index in [-0.39, 0.29) is 6.04 Å². The number of piperidine rings is 1. The summed E-state index contributed by atoms with van der Waals surface area (Å²) in [7, 11) is 1.87. The molecule has 0 saturated carbocycles. The molecule has 0 bridgehead atoms. The van der Waals surface area contributed by atoms with E-state index in [0.29, 0.717) is 12.0 Å². The van der Waals surface area contributed by atoms with E-state index >= 15 is 0 Å². The van der Waals surface area contributed by atoms with Crippen molar-refractivity contribution in [2.45, 2.75) is 25.4 Å². The Morgan fingerprint density at radius 2 is 2.10 bits per heavy atom. The van der Waals surface area contributed by atoms with Gasteiger partial charge in [-0.15, -0.1) is 0 Å². The van der Waals surface area contributed by atoms with E-state index in [9.17, 15) is 0 Å². The molecule has 1 aromatic carbocycles. The van der Waals surface area contributed by atoms with Crippen LogP contribution in [0.2, 0.25) is 5.02 Å². The number of imidazole rings is 1. The van der Waals surface area contributed by atoms with Gasteiger partial charge in [0.25, 0.3) is 0 Å². The summed E-state index contributed by atoms with van der Waals surface area (Å²) >= 11 is 6.59. The second-order valence-electron chi connectivity index (χ2n) is 8.40. The molecule has 2 saturated heterocycles. The predicted molar refractivity (Wildman–Crippen MR) is 125 cm³/mol. The highest BCUT2D eigenvalue weighted by atomic mass is 35.5. The van der Waals surface area contributed by atoms with Crippen molar-refractivity contribution in [2.75, 3.05) is 53.0 Å². The number of aromatic nitrogens is 2. The Labute approximate surface area is 190 Å². The molecule has 4 rings (SSSR count). The Hall–Kier alpha value is -2.09. The number of likely N-dealkylation sites (tertiary alicyclic amines) is 1. The zero-order valence-corrected chi connectivity index (χ0v) is 19.2. The number of morpholine rings is 1. The molecule has 8 heteroatoms. The van der Waals surface area contributed by atoms with Crippen LogP contribution in [0.5, 0.6) is 0 Å². The molecule has 3 heterocycles. The number of guanidine groups is 1. The van der Waals surface area contributed by atoms with Gasteiger partial charge in [0.1, 0.15) is 0 Å². The predicted octanol–water partition coefficient (Wildman–Crippen LogP) is 3.07. The average Bonchev–Trinajstić information content (AvgIpc) is 3.34. The number of nitrogens with zero attached hydrogens (tertiary/aromatic N) is 5. The molecule has 0 aliphatic carbocycles. The summed E-state index contributed by atoms with van der Waals surface area (Å²) in [6.07, 6.45) is 6.97. The van der Waals surface area contributed by atoms with Crippen LogP contribution in [0.15, 0.2) is 48.0 Å². The highest BCUT2D eigenvalue weighted by molar-refractivity contribution is 6.31. The fraction of sp³-hybridized carbons (Fsp3) is 0.565. The minimum absolute atomic E-state index is 0.169. The fourth-order valence-electron chi connectivity index (χ4n) is 4.69. The number of halogens is 1. The van der Waals surface area contributed by atoms with E-state index in [1.165, 1.54) is 0 Å². The summed E-state index contributed by atoms with van der Waals surface area (Å²) in [5, 5.41) is 4.46. The third kappa shape index (κ3) is 5.22. The van der Waals surface area contributed by atoms with Gasteiger partial charge in [0.15, 0.2) is 5.96 Å². The van der Waals surface area contributed by atoms with E-state index in [0.717, 1.165) is 68.9 Å². The van der Waals surface area contributed by atoms with Gasteiger partial charge < -0.3 is 19.5 Å². The first kappa shape index (κ1) is 22.1. The molecular weight excluding hydrogens is 412 g/mol. The van der Waals surface area contributed by atoms with Crippen molar-refractivity contribution in [1.82, 2.24) is 24.7 Å². The Bertz CT molecular complexity index is 852. The molecule has 0 spiro atoms. The van der Waals surface area contributed by atoms with Crippen molar-refractivity contribution in [1.29, 1.82) is 0 Å². The van der Waals surface area contributed by atoms with E-state index in [1.807, 2.05) is 31.7 Å². The maximum atomic E-state index is 6.59. The third-order valence-corrected chi connectivity index (χ3v) is 6.89. The Kier molecular flexibility index (Phi) is 7.48. The van der Waals surface area contributed by atoms with Gasteiger partial charge in [-0.25, -0.2) is 4.98 Å². The largest absolute Gasteiger partial charge is 0.379 e. The van der Waals surface area contributed by atoms with Crippen LogP contribution in [-0.4, -0.2) is 78.3 Å². The lowest BCUT2D eigenvalue weighted by Crippen LogP contribution is -2.51. The van der Waals surface area contributed by atoms with E-state index < -0.39 is 0 Å². The number of benzene rings is 1. The van der Waals surface area contributed by atoms with Crippen molar-refractivity contribution >= 4 is 17.6 Å². The van der Waals surface area contributed by atoms with E-state index in [1.54, 1.807) is 0 Å². The minimum Gasteiger partial charge on any atom is -0.379 e. The SMILES string of the molecule is CN=C(NCC(c1ccccc1Cl)N1CCOCC1)N1CCC(C)C(n2ccnc2)C1. The second-order valence-corrected chi connectivity index (χ2v) is 8.81. The molecule has 7 nitrogen and oxygen atoms in total. The number of hydrogen-bond acceptors (Lipinski definition) is 4. The fourth-order valence-corrected chi connectivity index (χ4v) is 4.95. The van der Waals surface area contributed by atoms with Crippen molar-refractivity contribution < 1.29 is 4.74 Å². The molecule has 2 aliphatic heterocycles. The highest BCUT2D eigenvalue weighted by Crippen LogP contribution is 2.29. The van der Waals surface area contributed by atoms with E-state index in [4.69, 9.17) is 16.3 Å². The number of rotatable bonds is 5. The molecule has 2 fully saturated rings. The van der Waals surface area contributed by atoms with E-state index in [2.05, 4.69) is 54.9 Å². The third-order valence-electron chi connectivity index (χ3n) is 6.54. The molecule has 2 aromatic rings. The zero-order valence-electron chi connectivity index (χ0n) is 18.5. The summed E-state index contributed by atoms with van der Waals surface area (Å²) in [6.45, 7) is 8.31. The lowest BCUT2D eigenvalue weighted by atomic mass is 9.93. The highest BCUT2D eigenvalue weighted by Gasteiger charge is 2.30. The minimum atomic E-state index is 0.169. The van der Waals surface area contributed by atoms with Gasteiger partial charge in [0.2, 0.25) is 0 Å². The second kappa shape index (κ2) is 10.5. The first-order valence-corrected chi connectivity index (χ1v) is 11.5. The summed E-state index contributed by atoms with van der Waals surface area (Å²) in [4.78, 5) is 13.7. The maximum absolute atomic E-state index is 6.59.